The number of rotatable bonds is 4. The van der Waals surface area contributed by atoms with E-state index >= 15 is 0 Å². The highest BCUT2D eigenvalue weighted by Gasteiger charge is 2.49. The molecule has 5 heteroatoms. The van der Waals surface area contributed by atoms with E-state index in [1.165, 1.54) is 0 Å². The monoisotopic (exact) mass is 311 g/mol. The number of ether oxygens (including phenoxy) is 3. The SMILES string of the molecule is CCOC1CC(Nc2cc3c(cc2Cl)OCCO3)C1(C)C. The first-order chi connectivity index (χ1) is 10.0. The van der Waals surface area contributed by atoms with Crippen LogP contribution in [0.5, 0.6) is 11.5 Å². The second-order valence-corrected chi connectivity index (χ2v) is 6.58. The summed E-state index contributed by atoms with van der Waals surface area (Å²) >= 11 is 6.35. The normalized spacial score (nSPS) is 26.1. The number of hydrogen-bond donors (Lipinski definition) is 1. The minimum Gasteiger partial charge on any atom is -0.486 e. The Labute approximate surface area is 130 Å². The van der Waals surface area contributed by atoms with Crippen LogP contribution in [0.1, 0.15) is 27.2 Å². The topological polar surface area (TPSA) is 39.7 Å². The van der Waals surface area contributed by atoms with Crippen LogP contribution in [0.25, 0.3) is 0 Å². The number of anilines is 1. The number of fused-ring (bicyclic) bond motifs is 1. The van der Waals surface area contributed by atoms with E-state index in [2.05, 4.69) is 19.2 Å². The van der Waals surface area contributed by atoms with Gasteiger partial charge in [-0.1, -0.05) is 25.4 Å². The van der Waals surface area contributed by atoms with Crippen molar-refractivity contribution in [3.8, 4) is 11.5 Å². The number of halogens is 1. The molecule has 1 aliphatic carbocycles. The minimum atomic E-state index is 0.0899. The van der Waals surface area contributed by atoms with Crippen molar-refractivity contribution in [1.29, 1.82) is 0 Å². The van der Waals surface area contributed by atoms with Crippen LogP contribution in [-0.4, -0.2) is 32.0 Å². The fourth-order valence-electron chi connectivity index (χ4n) is 2.98. The molecule has 1 N–H and O–H groups in total. The van der Waals surface area contributed by atoms with Gasteiger partial charge in [0.2, 0.25) is 0 Å². The molecule has 2 aliphatic rings. The molecule has 1 aromatic rings. The van der Waals surface area contributed by atoms with Crippen LogP contribution in [0, 0.1) is 5.41 Å². The molecule has 116 valence electrons. The lowest BCUT2D eigenvalue weighted by molar-refractivity contribution is -0.0975. The molecule has 0 radical (unpaired) electrons. The van der Waals surface area contributed by atoms with E-state index in [9.17, 15) is 0 Å². The van der Waals surface area contributed by atoms with Crippen molar-refractivity contribution in [1.82, 2.24) is 0 Å². The Kier molecular flexibility index (Phi) is 3.93. The lowest BCUT2D eigenvalue weighted by Crippen LogP contribution is -2.58. The highest BCUT2D eigenvalue weighted by atomic mass is 35.5. The van der Waals surface area contributed by atoms with Gasteiger partial charge in [0.25, 0.3) is 0 Å². The molecular weight excluding hydrogens is 290 g/mol. The standard InChI is InChI=1S/C16H22ClNO3/c1-4-19-15-9-14(16(15,2)3)18-11-8-13-12(7-10(11)17)20-5-6-21-13/h7-8,14-15,18H,4-6,9H2,1-3H3. The van der Waals surface area contributed by atoms with Crippen molar-refractivity contribution < 1.29 is 14.2 Å². The third kappa shape index (κ3) is 2.67. The van der Waals surface area contributed by atoms with Crippen molar-refractivity contribution >= 4 is 17.3 Å². The molecule has 2 unspecified atom stereocenters. The second-order valence-electron chi connectivity index (χ2n) is 6.17. The summed E-state index contributed by atoms with van der Waals surface area (Å²) < 4.78 is 16.9. The number of nitrogens with one attached hydrogen (secondary N) is 1. The quantitative estimate of drug-likeness (QED) is 0.920. The molecule has 2 atom stereocenters. The fourth-order valence-corrected chi connectivity index (χ4v) is 3.18. The zero-order valence-electron chi connectivity index (χ0n) is 12.7. The van der Waals surface area contributed by atoms with Gasteiger partial charge in [-0.15, -0.1) is 0 Å². The van der Waals surface area contributed by atoms with Gasteiger partial charge in [0.15, 0.2) is 11.5 Å². The van der Waals surface area contributed by atoms with Gasteiger partial charge in [-0.05, 0) is 13.3 Å². The molecule has 1 aliphatic heterocycles. The summed E-state index contributed by atoms with van der Waals surface area (Å²) in [7, 11) is 0. The Morgan fingerprint density at radius 3 is 2.57 bits per heavy atom. The maximum absolute atomic E-state index is 6.35. The molecule has 0 saturated heterocycles. The first-order valence-electron chi connectivity index (χ1n) is 7.49. The fraction of sp³-hybridized carbons (Fsp3) is 0.625. The molecule has 21 heavy (non-hydrogen) atoms. The van der Waals surface area contributed by atoms with Crippen molar-refractivity contribution in [3.05, 3.63) is 17.2 Å². The van der Waals surface area contributed by atoms with E-state index in [1.807, 2.05) is 19.1 Å². The summed E-state index contributed by atoms with van der Waals surface area (Å²) in [6.45, 7) is 8.39. The van der Waals surface area contributed by atoms with E-state index in [-0.39, 0.29) is 5.41 Å². The Morgan fingerprint density at radius 2 is 1.95 bits per heavy atom. The molecule has 1 aromatic carbocycles. The second kappa shape index (κ2) is 5.58. The van der Waals surface area contributed by atoms with Gasteiger partial charge in [-0.2, -0.15) is 0 Å². The lowest BCUT2D eigenvalue weighted by Gasteiger charge is -2.52. The summed E-state index contributed by atoms with van der Waals surface area (Å²) in [6, 6.07) is 4.10. The van der Waals surface area contributed by atoms with Crippen LogP contribution >= 0.6 is 11.6 Å². The summed E-state index contributed by atoms with van der Waals surface area (Å²) in [4.78, 5) is 0. The van der Waals surface area contributed by atoms with Crippen LogP contribution in [0.2, 0.25) is 5.02 Å². The van der Waals surface area contributed by atoms with Crippen LogP contribution in [0.4, 0.5) is 5.69 Å². The molecule has 1 fully saturated rings. The first-order valence-corrected chi connectivity index (χ1v) is 7.87. The van der Waals surface area contributed by atoms with E-state index in [1.54, 1.807) is 0 Å². The zero-order valence-corrected chi connectivity index (χ0v) is 13.5. The van der Waals surface area contributed by atoms with Crippen LogP contribution in [-0.2, 0) is 4.74 Å². The van der Waals surface area contributed by atoms with Gasteiger partial charge in [-0.3, -0.25) is 0 Å². The Bertz CT molecular complexity index is 532. The maximum atomic E-state index is 6.35. The lowest BCUT2D eigenvalue weighted by atomic mass is 9.64. The van der Waals surface area contributed by atoms with E-state index in [0.29, 0.717) is 30.4 Å². The van der Waals surface area contributed by atoms with Crippen molar-refractivity contribution in [3.63, 3.8) is 0 Å². The largest absolute Gasteiger partial charge is 0.486 e. The van der Waals surface area contributed by atoms with Gasteiger partial charge < -0.3 is 19.5 Å². The Balaban J connectivity index is 1.74. The van der Waals surface area contributed by atoms with Crippen molar-refractivity contribution in [2.75, 3.05) is 25.1 Å². The van der Waals surface area contributed by atoms with E-state index in [0.717, 1.165) is 30.2 Å². The Morgan fingerprint density at radius 1 is 1.29 bits per heavy atom. The summed E-state index contributed by atoms with van der Waals surface area (Å²) in [5.74, 6) is 1.48. The van der Waals surface area contributed by atoms with Gasteiger partial charge in [0, 0.05) is 30.2 Å². The minimum absolute atomic E-state index is 0.0899. The van der Waals surface area contributed by atoms with Gasteiger partial charge in [0.05, 0.1) is 16.8 Å². The first kappa shape index (κ1) is 14.8. The summed E-state index contributed by atoms with van der Waals surface area (Å²) in [5, 5.41) is 4.19. The van der Waals surface area contributed by atoms with Gasteiger partial charge in [-0.25, -0.2) is 0 Å². The number of benzene rings is 1. The zero-order chi connectivity index (χ0) is 15.0. The predicted octanol–water partition coefficient (Wildman–Crippen LogP) is 3.73. The molecule has 1 saturated carbocycles. The van der Waals surface area contributed by atoms with Crippen LogP contribution in [0.15, 0.2) is 12.1 Å². The number of hydrogen-bond acceptors (Lipinski definition) is 4. The predicted molar refractivity (Wildman–Crippen MR) is 83.7 cm³/mol. The molecule has 0 spiro atoms. The molecule has 0 aromatic heterocycles. The molecule has 0 bridgehead atoms. The van der Waals surface area contributed by atoms with Crippen LogP contribution in [0.3, 0.4) is 0 Å². The molecule has 3 rings (SSSR count). The van der Waals surface area contributed by atoms with E-state index < -0.39 is 0 Å². The summed E-state index contributed by atoms with van der Waals surface area (Å²) in [5.41, 5.74) is 0.987. The van der Waals surface area contributed by atoms with Crippen molar-refractivity contribution in [2.45, 2.75) is 39.3 Å². The third-order valence-corrected chi connectivity index (χ3v) is 4.82. The molecule has 0 amide bonds. The average Bonchev–Trinajstić information content (AvgIpc) is 2.46. The smallest absolute Gasteiger partial charge is 0.163 e. The molecular formula is C16H22ClNO3. The van der Waals surface area contributed by atoms with Crippen molar-refractivity contribution in [2.24, 2.45) is 5.41 Å². The highest BCUT2D eigenvalue weighted by Crippen LogP contribution is 2.46. The average molecular weight is 312 g/mol. The Hall–Kier alpha value is -1.13. The molecule has 1 heterocycles. The van der Waals surface area contributed by atoms with E-state index in [4.69, 9.17) is 25.8 Å². The van der Waals surface area contributed by atoms with Crippen LogP contribution < -0.4 is 14.8 Å². The summed E-state index contributed by atoms with van der Waals surface area (Å²) in [6.07, 6.45) is 1.29. The van der Waals surface area contributed by atoms with Gasteiger partial charge >= 0.3 is 0 Å². The molecule has 4 nitrogen and oxygen atoms in total. The van der Waals surface area contributed by atoms with Gasteiger partial charge in [0.1, 0.15) is 13.2 Å². The third-order valence-electron chi connectivity index (χ3n) is 4.51. The maximum Gasteiger partial charge on any atom is 0.163 e. The highest BCUT2D eigenvalue weighted by molar-refractivity contribution is 6.33.